The van der Waals surface area contributed by atoms with Gasteiger partial charge < -0.3 is 9.57 Å². The van der Waals surface area contributed by atoms with Crippen molar-refractivity contribution in [2.45, 2.75) is 38.3 Å². The van der Waals surface area contributed by atoms with Gasteiger partial charge in [0.05, 0.1) is 18.2 Å². The third kappa shape index (κ3) is 1.07. The van der Waals surface area contributed by atoms with E-state index in [-0.39, 0.29) is 11.5 Å². The number of esters is 1. The fourth-order valence-electron chi connectivity index (χ4n) is 2.29. The Morgan fingerprint density at radius 3 is 3.14 bits per heavy atom. The topological polar surface area (TPSA) is 38.8 Å². The predicted octanol–water partition coefficient (Wildman–Crippen LogP) is 1.23. The molecule has 1 saturated heterocycles. The van der Waals surface area contributed by atoms with Crippen LogP contribution in [0.15, 0.2) is 11.8 Å². The first-order valence-corrected chi connectivity index (χ1v) is 4.84. The van der Waals surface area contributed by atoms with E-state index >= 15 is 0 Å². The van der Waals surface area contributed by atoms with Gasteiger partial charge in [-0.15, -0.1) is 5.06 Å². The van der Waals surface area contributed by atoms with Crippen LogP contribution in [0, 0.1) is 0 Å². The highest BCUT2D eigenvalue weighted by Crippen LogP contribution is 2.43. The zero-order valence-electron chi connectivity index (χ0n) is 8.74. The summed E-state index contributed by atoms with van der Waals surface area (Å²) in [6, 6.07) is 0.360. The van der Waals surface area contributed by atoms with Gasteiger partial charge >= 0.3 is 5.97 Å². The van der Waals surface area contributed by atoms with Crippen molar-refractivity contribution < 1.29 is 14.4 Å². The molecule has 0 unspecified atom stereocenters. The lowest BCUT2D eigenvalue weighted by atomic mass is 9.91. The fourth-order valence-corrected chi connectivity index (χ4v) is 2.29. The second-order valence-corrected chi connectivity index (χ2v) is 4.12. The molecule has 0 spiro atoms. The van der Waals surface area contributed by atoms with Gasteiger partial charge in [-0.1, -0.05) is 0 Å². The fraction of sp³-hybridized carbons (Fsp3) is 0.700. The number of nitrogens with zero attached hydrogens (tertiary/aromatic N) is 1. The van der Waals surface area contributed by atoms with Crippen molar-refractivity contribution in [1.82, 2.24) is 5.06 Å². The first-order valence-electron chi connectivity index (χ1n) is 4.84. The Bertz CT molecular complexity index is 300. The van der Waals surface area contributed by atoms with Crippen LogP contribution in [0.2, 0.25) is 0 Å². The smallest absolute Gasteiger partial charge is 0.338 e. The van der Waals surface area contributed by atoms with E-state index in [1.165, 1.54) is 13.4 Å². The number of methoxy groups -OCH3 is 1. The number of ether oxygens (including phenoxy) is 1. The standard InChI is InChI=1S/C10H15NO3/c1-7-4-5-10(2)8(9(12)13-3)6-14-11(7)10/h6-7H,4-5H2,1-3H3/t7-,10+/m0/s1. The summed E-state index contributed by atoms with van der Waals surface area (Å²) in [5, 5.41) is 1.89. The third-order valence-electron chi connectivity index (χ3n) is 3.21. The Kier molecular flexibility index (Phi) is 2.03. The van der Waals surface area contributed by atoms with Crippen molar-refractivity contribution in [2.24, 2.45) is 0 Å². The molecule has 0 N–H and O–H groups in total. The van der Waals surface area contributed by atoms with Gasteiger partial charge in [0.2, 0.25) is 0 Å². The molecule has 2 aliphatic heterocycles. The van der Waals surface area contributed by atoms with Crippen LogP contribution < -0.4 is 0 Å². The summed E-state index contributed by atoms with van der Waals surface area (Å²) in [6.07, 6.45) is 3.50. The molecule has 0 saturated carbocycles. The molecule has 14 heavy (non-hydrogen) atoms. The highest BCUT2D eigenvalue weighted by atomic mass is 16.7. The molecule has 2 atom stereocenters. The van der Waals surface area contributed by atoms with Gasteiger partial charge in [0.15, 0.2) is 0 Å². The van der Waals surface area contributed by atoms with E-state index in [1.807, 2.05) is 12.0 Å². The van der Waals surface area contributed by atoms with Crippen molar-refractivity contribution in [2.75, 3.05) is 7.11 Å². The SMILES string of the molecule is COC(=O)C1=CON2[C@@H](C)CC[C@]12C. The molecule has 78 valence electrons. The average molecular weight is 197 g/mol. The highest BCUT2D eigenvalue weighted by Gasteiger charge is 2.51. The van der Waals surface area contributed by atoms with Crippen molar-refractivity contribution in [3.63, 3.8) is 0 Å². The molecule has 0 aliphatic carbocycles. The Morgan fingerprint density at radius 1 is 1.79 bits per heavy atom. The number of carbonyl (C=O) groups excluding carboxylic acids is 1. The summed E-state index contributed by atoms with van der Waals surface area (Å²) in [5.74, 6) is -0.288. The summed E-state index contributed by atoms with van der Waals surface area (Å²) in [7, 11) is 1.40. The molecule has 0 amide bonds. The molecule has 4 heteroatoms. The van der Waals surface area contributed by atoms with Gasteiger partial charge in [-0.25, -0.2) is 4.79 Å². The maximum absolute atomic E-state index is 11.5. The minimum atomic E-state index is -0.288. The Balaban J connectivity index is 2.27. The largest absolute Gasteiger partial charge is 0.466 e. The van der Waals surface area contributed by atoms with E-state index in [0.29, 0.717) is 11.6 Å². The third-order valence-corrected chi connectivity index (χ3v) is 3.21. The minimum absolute atomic E-state index is 0.285. The maximum Gasteiger partial charge on any atom is 0.338 e. The summed E-state index contributed by atoms with van der Waals surface area (Å²) in [5.41, 5.74) is 0.344. The second-order valence-electron chi connectivity index (χ2n) is 4.12. The number of carbonyl (C=O) groups is 1. The molecule has 2 heterocycles. The highest BCUT2D eigenvalue weighted by molar-refractivity contribution is 5.91. The number of hydrogen-bond donors (Lipinski definition) is 0. The lowest BCUT2D eigenvalue weighted by Crippen LogP contribution is -2.42. The van der Waals surface area contributed by atoms with Gasteiger partial charge in [-0.05, 0) is 26.7 Å². The van der Waals surface area contributed by atoms with E-state index in [0.717, 1.165) is 12.8 Å². The lowest BCUT2D eigenvalue weighted by Gasteiger charge is -2.28. The van der Waals surface area contributed by atoms with Crippen LogP contribution in [0.5, 0.6) is 0 Å². The monoisotopic (exact) mass is 197 g/mol. The summed E-state index contributed by atoms with van der Waals surface area (Å²) >= 11 is 0. The number of hydroxylamine groups is 2. The van der Waals surface area contributed by atoms with Crippen LogP contribution in [0.4, 0.5) is 0 Å². The van der Waals surface area contributed by atoms with Gasteiger partial charge in [-0.2, -0.15) is 0 Å². The predicted molar refractivity (Wildman–Crippen MR) is 50.1 cm³/mol. The summed E-state index contributed by atoms with van der Waals surface area (Å²) < 4.78 is 4.73. The van der Waals surface area contributed by atoms with E-state index in [2.05, 4.69) is 6.92 Å². The van der Waals surface area contributed by atoms with Crippen LogP contribution >= 0.6 is 0 Å². The van der Waals surface area contributed by atoms with Crippen molar-refractivity contribution in [3.8, 4) is 0 Å². The van der Waals surface area contributed by atoms with Crippen LogP contribution in [-0.4, -0.2) is 29.7 Å². The number of hydrogen-bond acceptors (Lipinski definition) is 4. The van der Waals surface area contributed by atoms with E-state index in [1.54, 1.807) is 0 Å². The zero-order chi connectivity index (χ0) is 10.3. The van der Waals surface area contributed by atoms with Gasteiger partial charge in [-0.3, -0.25) is 0 Å². The molecule has 0 aromatic carbocycles. The van der Waals surface area contributed by atoms with Gasteiger partial charge in [0.1, 0.15) is 6.26 Å². The molecule has 0 aromatic heterocycles. The van der Waals surface area contributed by atoms with Crippen LogP contribution in [0.25, 0.3) is 0 Å². The van der Waals surface area contributed by atoms with Crippen LogP contribution in [-0.2, 0) is 14.4 Å². The summed E-state index contributed by atoms with van der Waals surface area (Å²) in [6.45, 7) is 4.12. The van der Waals surface area contributed by atoms with Gasteiger partial charge in [0, 0.05) is 6.04 Å². The lowest BCUT2D eigenvalue weighted by molar-refractivity contribution is -0.146. The zero-order valence-corrected chi connectivity index (χ0v) is 8.74. The quantitative estimate of drug-likeness (QED) is 0.593. The molecular weight excluding hydrogens is 182 g/mol. The molecule has 2 aliphatic rings. The number of rotatable bonds is 1. The molecule has 0 bridgehead atoms. The molecule has 1 fully saturated rings. The average Bonchev–Trinajstić information content (AvgIpc) is 2.64. The molecular formula is C10H15NO3. The first-order chi connectivity index (χ1) is 6.59. The Labute approximate surface area is 83.4 Å². The Morgan fingerprint density at radius 2 is 2.50 bits per heavy atom. The van der Waals surface area contributed by atoms with E-state index in [9.17, 15) is 4.79 Å². The van der Waals surface area contributed by atoms with Gasteiger partial charge in [0.25, 0.3) is 0 Å². The van der Waals surface area contributed by atoms with E-state index in [4.69, 9.17) is 9.57 Å². The summed E-state index contributed by atoms with van der Waals surface area (Å²) in [4.78, 5) is 16.9. The van der Waals surface area contributed by atoms with Crippen molar-refractivity contribution in [3.05, 3.63) is 11.8 Å². The minimum Gasteiger partial charge on any atom is -0.466 e. The van der Waals surface area contributed by atoms with Crippen LogP contribution in [0.1, 0.15) is 26.7 Å². The molecule has 0 radical (unpaired) electrons. The van der Waals surface area contributed by atoms with E-state index < -0.39 is 0 Å². The van der Waals surface area contributed by atoms with Crippen LogP contribution in [0.3, 0.4) is 0 Å². The molecule has 4 nitrogen and oxygen atoms in total. The van der Waals surface area contributed by atoms with Crippen molar-refractivity contribution >= 4 is 5.97 Å². The second kappa shape index (κ2) is 2.98. The Hall–Kier alpha value is -1.03. The number of fused-ring (bicyclic) bond motifs is 1. The molecule has 2 rings (SSSR count). The first kappa shape index (κ1) is 9.52. The van der Waals surface area contributed by atoms with Crippen molar-refractivity contribution in [1.29, 1.82) is 0 Å². The normalized spacial score (nSPS) is 36.2. The molecule has 0 aromatic rings. The maximum atomic E-state index is 11.5.